The van der Waals surface area contributed by atoms with E-state index in [0.29, 0.717) is 0 Å². The molecule has 0 saturated carbocycles. The molecule has 1 aromatic heterocycles. The Balaban J connectivity index is 0.00000108. The van der Waals surface area contributed by atoms with Crippen LogP contribution in [-0.4, -0.2) is 12.1 Å². The van der Waals surface area contributed by atoms with Crippen molar-refractivity contribution < 1.29 is 25.8 Å². The minimum absolute atomic E-state index is 0. The standard InChI is InChI=1S/C14H12NO.Pt/c1-14(16-2)11-7-4-3-6-10(11)13-12(14)8-5-9-15-13;/h3-5,7-9H,1-2H3;/q-1;. The fraction of sp³-hybridized carbons (Fsp3) is 0.214. The number of hydrogen-bond acceptors (Lipinski definition) is 2. The molecule has 90 valence electrons. The molecule has 0 spiro atoms. The summed E-state index contributed by atoms with van der Waals surface area (Å²) in [5, 5.41) is 0. The van der Waals surface area contributed by atoms with Crippen molar-refractivity contribution in [2.24, 2.45) is 0 Å². The van der Waals surface area contributed by atoms with Gasteiger partial charge in [0.2, 0.25) is 0 Å². The first-order chi connectivity index (χ1) is 7.77. The molecule has 0 amide bonds. The first kappa shape index (κ1) is 12.5. The second-order valence-corrected chi connectivity index (χ2v) is 4.10. The van der Waals surface area contributed by atoms with Gasteiger partial charge in [0.1, 0.15) is 0 Å². The van der Waals surface area contributed by atoms with E-state index in [0.717, 1.165) is 22.4 Å². The molecule has 17 heavy (non-hydrogen) atoms. The maximum absolute atomic E-state index is 5.69. The number of hydrogen-bond donors (Lipinski definition) is 0. The van der Waals surface area contributed by atoms with Gasteiger partial charge in [-0.1, -0.05) is 11.6 Å². The molecule has 1 aliphatic rings. The van der Waals surface area contributed by atoms with E-state index in [1.54, 1.807) is 7.11 Å². The van der Waals surface area contributed by atoms with Crippen molar-refractivity contribution in [1.29, 1.82) is 0 Å². The van der Waals surface area contributed by atoms with Crippen molar-refractivity contribution in [3.05, 3.63) is 53.7 Å². The summed E-state index contributed by atoms with van der Waals surface area (Å²) in [6.07, 6.45) is 1.81. The molecule has 2 aromatic rings. The smallest absolute Gasteiger partial charge is 0.0758 e. The zero-order chi connectivity index (χ0) is 11.2. The van der Waals surface area contributed by atoms with Gasteiger partial charge in [-0.2, -0.15) is 0 Å². The van der Waals surface area contributed by atoms with Gasteiger partial charge in [0.05, 0.1) is 5.60 Å². The van der Waals surface area contributed by atoms with Gasteiger partial charge in [-0.05, 0) is 24.2 Å². The average molecular weight is 405 g/mol. The molecule has 1 unspecified atom stereocenters. The average Bonchev–Trinajstić information content (AvgIpc) is 2.62. The molecule has 0 bridgehead atoms. The van der Waals surface area contributed by atoms with E-state index in [1.807, 2.05) is 24.4 Å². The van der Waals surface area contributed by atoms with Crippen molar-refractivity contribution in [3.63, 3.8) is 0 Å². The molecule has 0 fully saturated rings. The van der Waals surface area contributed by atoms with Gasteiger partial charge in [-0.15, -0.1) is 29.8 Å². The number of pyridine rings is 1. The maximum Gasteiger partial charge on any atom is 0.0758 e. The van der Waals surface area contributed by atoms with Crippen LogP contribution in [0.1, 0.15) is 18.1 Å². The van der Waals surface area contributed by atoms with E-state index in [-0.39, 0.29) is 21.1 Å². The van der Waals surface area contributed by atoms with E-state index in [1.165, 1.54) is 0 Å². The largest absolute Gasteiger partial charge is 0.379 e. The van der Waals surface area contributed by atoms with Gasteiger partial charge in [-0.25, -0.2) is 0 Å². The van der Waals surface area contributed by atoms with Gasteiger partial charge in [0.15, 0.2) is 0 Å². The molecule has 1 atom stereocenters. The Labute approximate surface area is 115 Å². The van der Waals surface area contributed by atoms with Crippen LogP contribution in [0.4, 0.5) is 0 Å². The second-order valence-electron chi connectivity index (χ2n) is 4.10. The number of nitrogens with zero attached hydrogens (tertiary/aromatic N) is 1. The molecule has 1 aliphatic carbocycles. The number of fused-ring (bicyclic) bond motifs is 3. The van der Waals surface area contributed by atoms with E-state index in [9.17, 15) is 0 Å². The summed E-state index contributed by atoms with van der Waals surface area (Å²) < 4.78 is 5.69. The zero-order valence-corrected chi connectivity index (χ0v) is 11.9. The number of rotatable bonds is 1. The van der Waals surface area contributed by atoms with E-state index in [2.05, 4.69) is 30.1 Å². The number of benzene rings is 1. The van der Waals surface area contributed by atoms with Crippen molar-refractivity contribution in [2.75, 3.05) is 7.11 Å². The number of methoxy groups -OCH3 is 1. The van der Waals surface area contributed by atoms with Crippen LogP contribution < -0.4 is 0 Å². The molecule has 0 radical (unpaired) electrons. The Morgan fingerprint density at radius 2 is 2.00 bits per heavy atom. The first-order valence-corrected chi connectivity index (χ1v) is 5.29. The zero-order valence-electron chi connectivity index (χ0n) is 9.64. The van der Waals surface area contributed by atoms with Gasteiger partial charge >= 0.3 is 0 Å². The minimum atomic E-state index is -0.392. The number of aromatic nitrogens is 1. The molecule has 1 heterocycles. The van der Waals surface area contributed by atoms with Crippen LogP contribution in [0.15, 0.2) is 36.5 Å². The Morgan fingerprint density at radius 3 is 2.76 bits per heavy atom. The van der Waals surface area contributed by atoms with Crippen LogP contribution in [-0.2, 0) is 31.4 Å². The fourth-order valence-corrected chi connectivity index (χ4v) is 2.38. The van der Waals surface area contributed by atoms with E-state index in [4.69, 9.17) is 4.74 Å². The maximum atomic E-state index is 5.69. The van der Waals surface area contributed by atoms with Crippen LogP contribution >= 0.6 is 0 Å². The molecule has 3 heteroatoms. The Bertz CT molecular complexity index is 508. The fourth-order valence-electron chi connectivity index (χ4n) is 2.38. The van der Waals surface area contributed by atoms with Crippen molar-refractivity contribution in [2.45, 2.75) is 12.5 Å². The second kappa shape index (κ2) is 4.36. The summed E-state index contributed by atoms with van der Waals surface area (Å²) >= 11 is 0. The molecule has 3 rings (SSSR count). The summed E-state index contributed by atoms with van der Waals surface area (Å²) in [5.41, 5.74) is 3.92. The SMILES string of the molecule is COC1(C)c2ccc[c-]c2-c2ncccc21.[Pt]. The number of ether oxygens (including phenoxy) is 1. The van der Waals surface area contributed by atoms with Crippen molar-refractivity contribution in [1.82, 2.24) is 4.98 Å². The molecule has 1 aromatic carbocycles. The quantitative estimate of drug-likeness (QED) is 0.681. The van der Waals surface area contributed by atoms with Gasteiger partial charge in [0, 0.05) is 34.4 Å². The molecule has 0 saturated heterocycles. The first-order valence-electron chi connectivity index (χ1n) is 5.29. The van der Waals surface area contributed by atoms with Crippen LogP contribution in [0.2, 0.25) is 0 Å². The third-order valence-electron chi connectivity index (χ3n) is 3.34. The Hall–Kier alpha value is -0.982. The Morgan fingerprint density at radius 1 is 1.24 bits per heavy atom. The third kappa shape index (κ3) is 1.59. The summed E-state index contributed by atoms with van der Waals surface area (Å²) in [6, 6.07) is 13.3. The minimum Gasteiger partial charge on any atom is -0.379 e. The summed E-state index contributed by atoms with van der Waals surface area (Å²) in [5.74, 6) is 0. The third-order valence-corrected chi connectivity index (χ3v) is 3.34. The topological polar surface area (TPSA) is 22.1 Å². The van der Waals surface area contributed by atoms with E-state index < -0.39 is 5.60 Å². The van der Waals surface area contributed by atoms with Gasteiger partial charge in [0.25, 0.3) is 0 Å². The van der Waals surface area contributed by atoms with Crippen LogP contribution in [0.3, 0.4) is 0 Å². The van der Waals surface area contributed by atoms with Crippen LogP contribution in [0.5, 0.6) is 0 Å². The van der Waals surface area contributed by atoms with Gasteiger partial charge < -0.3 is 9.72 Å². The van der Waals surface area contributed by atoms with Crippen molar-refractivity contribution >= 4 is 0 Å². The van der Waals surface area contributed by atoms with Gasteiger partial charge in [-0.3, -0.25) is 0 Å². The van der Waals surface area contributed by atoms with Crippen LogP contribution in [0, 0.1) is 6.07 Å². The predicted octanol–water partition coefficient (Wildman–Crippen LogP) is 2.77. The summed E-state index contributed by atoms with van der Waals surface area (Å²) in [4.78, 5) is 4.43. The van der Waals surface area contributed by atoms with Crippen LogP contribution in [0.25, 0.3) is 11.3 Å². The van der Waals surface area contributed by atoms with Crippen molar-refractivity contribution in [3.8, 4) is 11.3 Å². The van der Waals surface area contributed by atoms with E-state index >= 15 is 0 Å². The monoisotopic (exact) mass is 405 g/mol. The summed E-state index contributed by atoms with van der Waals surface area (Å²) in [6.45, 7) is 2.08. The molecular formula is C14H12NOPt-. The Kier molecular flexibility index (Phi) is 3.20. The molecular weight excluding hydrogens is 393 g/mol. The molecule has 2 nitrogen and oxygen atoms in total. The molecule has 0 aliphatic heterocycles. The summed E-state index contributed by atoms with van der Waals surface area (Å²) in [7, 11) is 1.74. The normalized spacial score (nSPS) is 20.4. The predicted molar refractivity (Wildman–Crippen MR) is 62.0 cm³/mol. The molecule has 0 N–H and O–H groups in total.